The number of unbranched alkanes of at least 4 members (excludes halogenated alkanes) is 1. The van der Waals surface area contributed by atoms with Crippen LogP contribution < -0.4 is 5.32 Å². The molecule has 190 valence electrons. The number of aliphatic hydroxyl groups is 5. The van der Waals surface area contributed by atoms with Gasteiger partial charge >= 0.3 is 0 Å². The van der Waals surface area contributed by atoms with Gasteiger partial charge in [-0.1, -0.05) is 42.5 Å². The topological polar surface area (TPSA) is 113 Å². The van der Waals surface area contributed by atoms with E-state index in [1.54, 1.807) is 0 Å². The molecule has 34 heavy (non-hydrogen) atoms. The standard InChI is InChI=1S/C27H41NO5S/c1-18-6-11-21(27-26(33)25(32)24(31)17-34(27)2)14-22(18)13-20-9-7-19(8-10-20)5-3-4-12-28-15-23(30)16-29/h6-11,14,23-34H,3-5,12-13,15-17H2,1-2H3/t23?,24-,25-,26-,27+/m1/s1. The molecular formula is C27H41NO5S. The third-order valence-electron chi connectivity index (χ3n) is 6.81. The number of benzene rings is 2. The molecule has 0 bridgehead atoms. The number of thiol groups is 1. The molecule has 6 atom stereocenters. The van der Waals surface area contributed by atoms with Crippen LogP contribution in [0.1, 0.15) is 45.9 Å². The highest BCUT2D eigenvalue weighted by molar-refractivity contribution is 8.16. The summed E-state index contributed by atoms with van der Waals surface area (Å²) in [6, 6.07) is 15.1. The van der Waals surface area contributed by atoms with Gasteiger partial charge in [0, 0.05) is 17.5 Å². The summed E-state index contributed by atoms with van der Waals surface area (Å²) in [5.41, 5.74) is 6.01. The fourth-order valence-electron chi connectivity index (χ4n) is 4.67. The minimum atomic E-state index is -1.09. The van der Waals surface area contributed by atoms with Gasteiger partial charge in [-0.2, -0.15) is 0 Å². The zero-order valence-electron chi connectivity index (χ0n) is 20.3. The molecule has 2 aromatic carbocycles. The van der Waals surface area contributed by atoms with Gasteiger partial charge in [-0.15, -0.1) is 0 Å². The maximum atomic E-state index is 10.6. The summed E-state index contributed by atoms with van der Waals surface area (Å²) in [5.74, 6) is 0.545. The molecule has 1 fully saturated rings. The average Bonchev–Trinajstić information content (AvgIpc) is 2.82. The van der Waals surface area contributed by atoms with Gasteiger partial charge in [0.25, 0.3) is 0 Å². The Labute approximate surface area is 206 Å². The second kappa shape index (κ2) is 13.0. The van der Waals surface area contributed by atoms with E-state index in [0.29, 0.717) is 12.3 Å². The Morgan fingerprint density at radius 3 is 2.41 bits per heavy atom. The second-order valence-corrected chi connectivity index (χ2v) is 12.0. The number of hydrogen-bond donors (Lipinski definition) is 7. The Morgan fingerprint density at radius 1 is 1.00 bits per heavy atom. The highest BCUT2D eigenvalue weighted by Crippen LogP contribution is 2.48. The average molecular weight is 492 g/mol. The molecule has 6 nitrogen and oxygen atoms in total. The zero-order valence-corrected chi connectivity index (χ0v) is 21.2. The monoisotopic (exact) mass is 491 g/mol. The highest BCUT2D eigenvalue weighted by Gasteiger charge is 2.40. The number of aliphatic hydroxyl groups excluding tert-OH is 5. The lowest BCUT2D eigenvalue weighted by molar-refractivity contribution is -0.0561. The third kappa shape index (κ3) is 7.28. The predicted molar refractivity (Wildman–Crippen MR) is 140 cm³/mol. The highest BCUT2D eigenvalue weighted by atomic mass is 32.2. The van der Waals surface area contributed by atoms with Crippen molar-refractivity contribution in [2.45, 2.75) is 62.3 Å². The van der Waals surface area contributed by atoms with Gasteiger partial charge in [0.2, 0.25) is 0 Å². The molecule has 0 aromatic heterocycles. The van der Waals surface area contributed by atoms with Crippen molar-refractivity contribution in [1.82, 2.24) is 5.32 Å². The van der Waals surface area contributed by atoms with E-state index in [0.717, 1.165) is 37.8 Å². The molecule has 2 unspecified atom stereocenters. The van der Waals surface area contributed by atoms with E-state index < -0.39 is 35.3 Å². The van der Waals surface area contributed by atoms with E-state index in [2.05, 4.69) is 61.0 Å². The SMILES string of the molecule is Cc1ccc([C@H]2[C@H](O)[C@H](O)[C@H](O)C[SH]2C)cc1Cc1ccc(CCCCNCC(O)CO)cc1. The van der Waals surface area contributed by atoms with Gasteiger partial charge in [0.15, 0.2) is 0 Å². The van der Waals surface area contributed by atoms with E-state index in [4.69, 9.17) is 5.11 Å². The van der Waals surface area contributed by atoms with Crippen molar-refractivity contribution < 1.29 is 25.5 Å². The van der Waals surface area contributed by atoms with E-state index in [-0.39, 0.29) is 11.9 Å². The first-order chi connectivity index (χ1) is 16.3. The molecule has 0 amide bonds. The Hall–Kier alpha value is -1.45. The minimum Gasteiger partial charge on any atom is -0.394 e. The van der Waals surface area contributed by atoms with Crippen LogP contribution in [0.5, 0.6) is 0 Å². The maximum Gasteiger partial charge on any atom is 0.108 e. The lowest BCUT2D eigenvalue weighted by Gasteiger charge is -2.42. The Kier molecular flexibility index (Phi) is 10.4. The molecule has 2 aromatic rings. The Morgan fingerprint density at radius 2 is 1.71 bits per heavy atom. The quantitative estimate of drug-likeness (QED) is 0.190. The Bertz CT molecular complexity index is 893. The fraction of sp³-hybridized carbons (Fsp3) is 0.556. The van der Waals surface area contributed by atoms with Crippen molar-refractivity contribution in [1.29, 1.82) is 0 Å². The first-order valence-electron chi connectivity index (χ1n) is 12.2. The van der Waals surface area contributed by atoms with Crippen molar-refractivity contribution >= 4 is 10.9 Å². The smallest absolute Gasteiger partial charge is 0.108 e. The van der Waals surface area contributed by atoms with Crippen LogP contribution in [-0.4, -0.2) is 81.7 Å². The van der Waals surface area contributed by atoms with Gasteiger partial charge in [0.1, 0.15) is 6.10 Å². The molecule has 1 heterocycles. The summed E-state index contributed by atoms with van der Waals surface area (Å²) in [6.07, 6.45) is 2.42. The first-order valence-corrected chi connectivity index (χ1v) is 14.3. The van der Waals surface area contributed by atoms with Crippen LogP contribution in [0, 0.1) is 6.92 Å². The first kappa shape index (κ1) is 27.1. The lowest BCUT2D eigenvalue weighted by atomic mass is 9.93. The van der Waals surface area contributed by atoms with Crippen molar-refractivity contribution in [3.05, 3.63) is 70.3 Å². The van der Waals surface area contributed by atoms with Crippen LogP contribution in [-0.2, 0) is 12.8 Å². The summed E-state index contributed by atoms with van der Waals surface area (Å²) >= 11 is 0. The third-order valence-corrected chi connectivity index (χ3v) is 9.31. The van der Waals surface area contributed by atoms with Gasteiger partial charge in [-0.25, -0.2) is 10.9 Å². The molecular weight excluding hydrogens is 450 g/mol. The van der Waals surface area contributed by atoms with Crippen molar-refractivity contribution in [2.24, 2.45) is 0 Å². The van der Waals surface area contributed by atoms with Gasteiger partial charge < -0.3 is 30.8 Å². The van der Waals surface area contributed by atoms with Crippen molar-refractivity contribution in [3.8, 4) is 0 Å². The summed E-state index contributed by atoms with van der Waals surface area (Å²) < 4.78 is 0. The summed E-state index contributed by atoms with van der Waals surface area (Å²) in [6.45, 7) is 3.15. The number of aryl methyl sites for hydroxylation is 2. The van der Waals surface area contributed by atoms with Crippen LogP contribution in [0.15, 0.2) is 42.5 Å². The van der Waals surface area contributed by atoms with Crippen LogP contribution >= 0.6 is 10.9 Å². The molecule has 3 rings (SSSR count). The maximum absolute atomic E-state index is 10.6. The minimum absolute atomic E-state index is 0.128. The van der Waals surface area contributed by atoms with Crippen LogP contribution in [0.2, 0.25) is 0 Å². The van der Waals surface area contributed by atoms with Crippen LogP contribution in [0.3, 0.4) is 0 Å². The zero-order chi connectivity index (χ0) is 24.7. The van der Waals surface area contributed by atoms with Gasteiger partial charge in [-0.3, -0.25) is 0 Å². The number of hydrogen-bond acceptors (Lipinski definition) is 6. The number of rotatable bonds is 11. The molecule has 0 radical (unpaired) electrons. The molecule has 6 N–H and O–H groups in total. The van der Waals surface area contributed by atoms with Gasteiger partial charge in [0.05, 0.1) is 24.9 Å². The number of nitrogens with one attached hydrogen (secondary N) is 1. The van der Waals surface area contributed by atoms with E-state index in [1.807, 2.05) is 0 Å². The Balaban J connectivity index is 1.56. The predicted octanol–water partition coefficient (Wildman–Crippen LogP) is 1.62. The second-order valence-electron chi connectivity index (χ2n) is 9.61. The molecule has 1 aliphatic rings. The van der Waals surface area contributed by atoms with E-state index in [1.165, 1.54) is 22.3 Å². The van der Waals surface area contributed by atoms with Crippen LogP contribution in [0.4, 0.5) is 0 Å². The molecule has 1 saturated heterocycles. The van der Waals surface area contributed by atoms with E-state index >= 15 is 0 Å². The van der Waals surface area contributed by atoms with Crippen molar-refractivity contribution in [2.75, 3.05) is 31.7 Å². The molecule has 0 saturated carbocycles. The molecule has 7 heteroatoms. The largest absolute Gasteiger partial charge is 0.394 e. The van der Waals surface area contributed by atoms with E-state index in [9.17, 15) is 20.4 Å². The van der Waals surface area contributed by atoms with Gasteiger partial charge in [-0.05, 0) is 73.2 Å². The molecule has 0 aliphatic carbocycles. The fourth-order valence-corrected chi connectivity index (χ4v) is 7.07. The lowest BCUT2D eigenvalue weighted by Crippen LogP contribution is -2.47. The normalized spacial score (nSPS) is 27.0. The van der Waals surface area contributed by atoms with Crippen molar-refractivity contribution in [3.63, 3.8) is 0 Å². The van der Waals surface area contributed by atoms with Crippen LogP contribution in [0.25, 0.3) is 0 Å². The summed E-state index contributed by atoms with van der Waals surface area (Å²) in [7, 11) is -0.625. The molecule has 1 aliphatic heterocycles. The summed E-state index contributed by atoms with van der Waals surface area (Å²) in [5, 5.41) is 52.0. The molecule has 0 spiro atoms. The summed E-state index contributed by atoms with van der Waals surface area (Å²) in [4.78, 5) is 0.